The molecule has 1 unspecified atom stereocenters. The topological polar surface area (TPSA) is 110 Å². The first kappa shape index (κ1) is 29.7. The maximum Gasteiger partial charge on any atom is 0.274 e. The summed E-state index contributed by atoms with van der Waals surface area (Å²) in [5.74, 6) is -0.972. The first-order valence-corrected chi connectivity index (χ1v) is 15.0. The van der Waals surface area contributed by atoms with Gasteiger partial charge in [-0.25, -0.2) is 14.4 Å². The van der Waals surface area contributed by atoms with Gasteiger partial charge in [-0.2, -0.15) is 0 Å². The lowest BCUT2D eigenvalue weighted by Crippen LogP contribution is -2.35. The number of amides is 2. The maximum atomic E-state index is 14.7. The van der Waals surface area contributed by atoms with Crippen LogP contribution in [0.4, 0.5) is 10.1 Å². The van der Waals surface area contributed by atoms with Crippen molar-refractivity contribution in [2.24, 2.45) is 0 Å². The molecule has 2 fully saturated rings. The van der Waals surface area contributed by atoms with E-state index in [1.165, 1.54) is 24.4 Å². The third kappa shape index (κ3) is 6.74. The highest BCUT2D eigenvalue weighted by molar-refractivity contribution is 6.04. The summed E-state index contributed by atoms with van der Waals surface area (Å²) in [5.41, 5.74) is 2.47. The van der Waals surface area contributed by atoms with Crippen LogP contribution in [0.25, 0.3) is 16.8 Å². The number of rotatable bonds is 8. The van der Waals surface area contributed by atoms with Crippen molar-refractivity contribution in [1.29, 1.82) is 0 Å². The monoisotopic (exact) mass is 600 g/mol. The fourth-order valence-electron chi connectivity index (χ4n) is 5.70. The lowest BCUT2D eigenvalue weighted by Gasteiger charge is -2.28. The molecule has 2 aliphatic heterocycles. The van der Waals surface area contributed by atoms with Gasteiger partial charge in [-0.3, -0.25) is 14.0 Å². The maximum absolute atomic E-state index is 14.7. The van der Waals surface area contributed by atoms with Crippen LogP contribution in [0.2, 0.25) is 0 Å². The van der Waals surface area contributed by atoms with Crippen molar-refractivity contribution in [2.75, 3.05) is 32.0 Å². The minimum absolute atomic E-state index is 0.0668. The summed E-state index contributed by atoms with van der Waals surface area (Å²) in [6.07, 6.45) is 8.78. The van der Waals surface area contributed by atoms with Crippen LogP contribution in [0.1, 0.15) is 60.4 Å². The number of fused-ring (bicyclic) bond motifs is 1. The van der Waals surface area contributed by atoms with Gasteiger partial charge in [0.1, 0.15) is 23.3 Å². The highest BCUT2D eigenvalue weighted by atomic mass is 19.1. The first-order chi connectivity index (χ1) is 21.1. The van der Waals surface area contributed by atoms with Crippen molar-refractivity contribution in [1.82, 2.24) is 24.6 Å². The lowest BCUT2D eigenvalue weighted by molar-refractivity contribution is -0.0138. The second-order valence-corrected chi connectivity index (χ2v) is 12.2. The SMILES string of the molecule is CN1CCC(Oc2ccc(-c3ccn4c(C(=O)Nc5cc(C(=O)NCC6CCC(C)(C)O6)ccc5F)cnc4c3)cn2)CC1. The normalized spacial score (nSPS) is 18.8. The molecule has 0 aliphatic carbocycles. The van der Waals surface area contributed by atoms with E-state index in [9.17, 15) is 14.0 Å². The van der Waals surface area contributed by atoms with E-state index < -0.39 is 11.7 Å². The van der Waals surface area contributed by atoms with E-state index in [-0.39, 0.29) is 40.7 Å². The van der Waals surface area contributed by atoms with Crippen LogP contribution < -0.4 is 15.4 Å². The van der Waals surface area contributed by atoms with Crippen molar-refractivity contribution in [2.45, 2.75) is 57.3 Å². The Hall–Kier alpha value is -4.35. The summed E-state index contributed by atoms with van der Waals surface area (Å²) >= 11 is 0. The predicted octanol–water partition coefficient (Wildman–Crippen LogP) is 4.95. The van der Waals surface area contributed by atoms with E-state index in [0.29, 0.717) is 18.1 Å². The number of nitrogens with zero attached hydrogens (tertiary/aromatic N) is 4. The number of carbonyl (C=O) groups is 2. The van der Waals surface area contributed by atoms with E-state index >= 15 is 0 Å². The lowest BCUT2D eigenvalue weighted by atomic mass is 10.1. The van der Waals surface area contributed by atoms with Crippen LogP contribution in [0.3, 0.4) is 0 Å². The highest BCUT2D eigenvalue weighted by Gasteiger charge is 2.31. The smallest absolute Gasteiger partial charge is 0.274 e. The summed E-state index contributed by atoms with van der Waals surface area (Å²) in [4.78, 5) is 37.1. The van der Waals surface area contributed by atoms with Crippen LogP contribution in [0, 0.1) is 5.82 Å². The largest absolute Gasteiger partial charge is 0.474 e. The third-order valence-electron chi connectivity index (χ3n) is 8.29. The molecule has 10 nitrogen and oxygen atoms in total. The molecule has 230 valence electrons. The molecule has 4 aromatic rings. The quantitative estimate of drug-likeness (QED) is 0.295. The van der Waals surface area contributed by atoms with E-state index in [4.69, 9.17) is 9.47 Å². The molecule has 0 radical (unpaired) electrons. The number of imidazole rings is 1. The van der Waals surface area contributed by atoms with Crippen LogP contribution in [-0.4, -0.2) is 75.6 Å². The van der Waals surface area contributed by atoms with Crippen molar-refractivity contribution < 1.29 is 23.5 Å². The van der Waals surface area contributed by atoms with Crippen LogP contribution in [0.15, 0.2) is 61.1 Å². The summed E-state index contributed by atoms with van der Waals surface area (Å²) < 4.78 is 28.3. The minimum Gasteiger partial charge on any atom is -0.474 e. The van der Waals surface area contributed by atoms with Gasteiger partial charge in [-0.15, -0.1) is 0 Å². The summed E-state index contributed by atoms with van der Waals surface area (Å²) in [6.45, 7) is 6.43. The standard InChI is InChI=1S/C33H37FN6O4/c1-33(2)12-8-25(44-33)19-37-31(41)22-4-6-26(34)27(16-22)38-32(42)28-20-35-29-17-21(9-15-40(28)29)23-5-7-30(36-18-23)43-24-10-13-39(3)14-11-24/h4-7,9,15-18,20,24-25H,8,10-14,19H2,1-3H3,(H,37,41)(H,38,42). The Morgan fingerprint density at radius 2 is 1.84 bits per heavy atom. The van der Waals surface area contributed by atoms with E-state index in [1.54, 1.807) is 16.8 Å². The molecular weight excluding hydrogens is 563 g/mol. The molecule has 6 rings (SSSR count). The number of hydrogen-bond donors (Lipinski definition) is 2. The first-order valence-electron chi connectivity index (χ1n) is 15.0. The minimum atomic E-state index is -0.650. The summed E-state index contributed by atoms with van der Waals surface area (Å²) in [7, 11) is 2.12. The van der Waals surface area contributed by atoms with Crippen molar-refractivity contribution in [3.63, 3.8) is 0 Å². The van der Waals surface area contributed by atoms with Gasteiger partial charge >= 0.3 is 0 Å². The van der Waals surface area contributed by atoms with Crippen molar-refractivity contribution >= 4 is 23.1 Å². The molecule has 11 heteroatoms. The van der Waals surface area contributed by atoms with Gasteiger partial charge in [0.25, 0.3) is 11.8 Å². The number of piperidine rings is 1. The van der Waals surface area contributed by atoms with Crippen LogP contribution in [-0.2, 0) is 4.74 Å². The van der Waals surface area contributed by atoms with Crippen molar-refractivity contribution in [3.05, 3.63) is 78.1 Å². The Kier molecular flexibility index (Phi) is 8.33. The number of anilines is 1. The molecule has 0 bridgehead atoms. The van der Waals surface area contributed by atoms with E-state index in [0.717, 1.165) is 49.9 Å². The van der Waals surface area contributed by atoms with Crippen LogP contribution >= 0.6 is 0 Å². The third-order valence-corrected chi connectivity index (χ3v) is 8.29. The van der Waals surface area contributed by atoms with Gasteiger partial charge in [-0.1, -0.05) is 0 Å². The number of ether oxygens (including phenoxy) is 2. The summed E-state index contributed by atoms with van der Waals surface area (Å²) in [6, 6.07) is 11.4. The molecule has 2 amide bonds. The van der Waals surface area contributed by atoms with Crippen LogP contribution in [0.5, 0.6) is 5.88 Å². The zero-order valence-corrected chi connectivity index (χ0v) is 25.2. The number of aromatic nitrogens is 3. The van der Waals surface area contributed by atoms with Gasteiger partial charge in [0.15, 0.2) is 0 Å². The van der Waals surface area contributed by atoms with Crippen molar-refractivity contribution in [3.8, 4) is 17.0 Å². The number of nitrogens with one attached hydrogen (secondary N) is 2. The van der Waals surface area contributed by atoms with E-state index in [1.807, 2.05) is 38.1 Å². The Labute approximate surface area is 255 Å². The average molecular weight is 601 g/mol. The average Bonchev–Trinajstić information content (AvgIpc) is 3.60. The molecule has 0 spiro atoms. The predicted molar refractivity (Wildman–Crippen MR) is 164 cm³/mol. The molecular formula is C33H37FN6O4. The molecule has 5 heterocycles. The molecule has 2 aliphatic rings. The van der Waals surface area contributed by atoms with Gasteiger partial charge in [0.05, 0.1) is 23.6 Å². The molecule has 0 saturated carbocycles. The molecule has 2 saturated heterocycles. The van der Waals surface area contributed by atoms with Gasteiger partial charge in [0, 0.05) is 49.2 Å². The fourth-order valence-corrected chi connectivity index (χ4v) is 5.70. The fraction of sp³-hybridized carbons (Fsp3) is 0.394. The number of carbonyl (C=O) groups excluding carboxylic acids is 2. The Morgan fingerprint density at radius 3 is 2.57 bits per heavy atom. The Balaban J connectivity index is 1.10. The molecule has 44 heavy (non-hydrogen) atoms. The van der Waals surface area contributed by atoms with Gasteiger partial charge in [0.2, 0.25) is 5.88 Å². The Bertz CT molecular complexity index is 1660. The number of halogens is 1. The second-order valence-electron chi connectivity index (χ2n) is 12.2. The number of likely N-dealkylation sites (tertiary alicyclic amines) is 1. The number of pyridine rings is 2. The second kappa shape index (κ2) is 12.3. The molecule has 1 aromatic carbocycles. The summed E-state index contributed by atoms with van der Waals surface area (Å²) in [5, 5.41) is 5.44. The highest BCUT2D eigenvalue weighted by Crippen LogP contribution is 2.29. The number of hydrogen-bond acceptors (Lipinski definition) is 7. The Morgan fingerprint density at radius 1 is 1.02 bits per heavy atom. The molecule has 3 aromatic heterocycles. The zero-order valence-electron chi connectivity index (χ0n) is 25.2. The molecule has 2 N–H and O–H groups in total. The van der Waals surface area contributed by atoms with Gasteiger partial charge < -0.3 is 25.0 Å². The zero-order chi connectivity index (χ0) is 30.8. The van der Waals surface area contributed by atoms with Gasteiger partial charge in [-0.05, 0) is 88.5 Å². The van der Waals surface area contributed by atoms with E-state index in [2.05, 4.69) is 32.5 Å². The molecule has 1 atom stereocenters. The number of benzene rings is 1.